The molecule has 5 rings (SSSR count). The van der Waals surface area contributed by atoms with Crippen molar-refractivity contribution in [2.24, 2.45) is 0 Å². The molecule has 3 aliphatic heterocycles. The molecule has 2 saturated heterocycles. The topological polar surface area (TPSA) is 114 Å². The normalized spacial score (nSPS) is 21.5. The van der Waals surface area contributed by atoms with Gasteiger partial charge in [-0.2, -0.15) is 0 Å². The minimum atomic E-state index is -1.82. The lowest BCUT2D eigenvalue weighted by atomic mass is 9.94. The zero-order valence-corrected chi connectivity index (χ0v) is 22.7. The molecular formula is C28H42N4O6. The van der Waals surface area contributed by atoms with Crippen LogP contribution in [0.1, 0.15) is 57.9 Å². The van der Waals surface area contributed by atoms with E-state index in [-0.39, 0.29) is 5.60 Å². The molecule has 3 fully saturated rings. The maximum absolute atomic E-state index is 12.8. The highest BCUT2D eigenvalue weighted by molar-refractivity contribution is 6.27. The summed E-state index contributed by atoms with van der Waals surface area (Å²) in [5.41, 5.74) is 2.51. The molecule has 0 radical (unpaired) electrons. The van der Waals surface area contributed by atoms with Gasteiger partial charge < -0.3 is 29.6 Å². The molecule has 2 N–H and O–H groups in total. The predicted molar refractivity (Wildman–Crippen MR) is 144 cm³/mol. The second-order valence-corrected chi connectivity index (χ2v) is 11.4. The summed E-state index contributed by atoms with van der Waals surface area (Å²) in [4.78, 5) is 40.4. The van der Waals surface area contributed by atoms with Gasteiger partial charge in [-0.25, -0.2) is 14.4 Å². The van der Waals surface area contributed by atoms with Crippen LogP contribution in [0.4, 0.5) is 10.5 Å². The molecule has 0 unspecified atom stereocenters. The summed E-state index contributed by atoms with van der Waals surface area (Å²) in [6, 6.07) is 7.40. The molecule has 10 heteroatoms. The van der Waals surface area contributed by atoms with Crippen molar-refractivity contribution >= 4 is 23.7 Å². The van der Waals surface area contributed by atoms with Gasteiger partial charge in [0.1, 0.15) is 11.4 Å². The number of nitrogens with zero attached hydrogens (tertiary/aromatic N) is 4. The fraction of sp³-hybridized carbons (Fsp3) is 0.679. The van der Waals surface area contributed by atoms with Gasteiger partial charge in [-0.3, -0.25) is 4.90 Å². The maximum Gasteiger partial charge on any atom is 0.414 e. The van der Waals surface area contributed by atoms with Gasteiger partial charge in [0.15, 0.2) is 0 Å². The third-order valence-electron chi connectivity index (χ3n) is 8.01. The van der Waals surface area contributed by atoms with Gasteiger partial charge in [-0.1, -0.05) is 31.4 Å². The summed E-state index contributed by atoms with van der Waals surface area (Å²) in [6.07, 6.45) is 8.39. The molecule has 4 aliphatic rings. The average Bonchev–Trinajstić information content (AvgIpc) is 3.42. The largest absolute Gasteiger partial charge is 0.485 e. The number of ether oxygens (including phenoxy) is 1. The van der Waals surface area contributed by atoms with E-state index in [2.05, 4.69) is 51.6 Å². The minimum absolute atomic E-state index is 0.0974. The van der Waals surface area contributed by atoms with Crippen molar-refractivity contribution in [3.63, 3.8) is 0 Å². The molecule has 1 aliphatic carbocycles. The van der Waals surface area contributed by atoms with Crippen LogP contribution in [-0.4, -0.2) is 107 Å². The number of anilines is 1. The van der Waals surface area contributed by atoms with Gasteiger partial charge in [0, 0.05) is 63.8 Å². The van der Waals surface area contributed by atoms with Crippen LogP contribution in [0.5, 0.6) is 5.75 Å². The number of fused-ring (bicyclic) bond motifs is 1. The van der Waals surface area contributed by atoms with E-state index in [1.165, 1.54) is 43.4 Å². The molecule has 2 amide bonds. The van der Waals surface area contributed by atoms with E-state index in [1.54, 1.807) is 0 Å². The fourth-order valence-electron chi connectivity index (χ4n) is 6.09. The van der Waals surface area contributed by atoms with E-state index in [4.69, 9.17) is 24.5 Å². The van der Waals surface area contributed by atoms with E-state index in [0.29, 0.717) is 12.1 Å². The lowest BCUT2D eigenvalue weighted by Gasteiger charge is -2.37. The number of piperazine rings is 1. The van der Waals surface area contributed by atoms with Gasteiger partial charge in [-0.05, 0) is 45.7 Å². The summed E-state index contributed by atoms with van der Waals surface area (Å²) in [5.74, 6) is -2.55. The number of urea groups is 1. The van der Waals surface area contributed by atoms with Crippen LogP contribution < -0.4 is 9.64 Å². The smallest absolute Gasteiger partial charge is 0.414 e. The Kier molecular flexibility index (Phi) is 9.02. The van der Waals surface area contributed by atoms with Crippen molar-refractivity contribution < 1.29 is 29.3 Å². The first-order chi connectivity index (χ1) is 18.1. The van der Waals surface area contributed by atoms with Gasteiger partial charge >= 0.3 is 18.0 Å². The molecule has 1 aromatic rings. The summed E-state index contributed by atoms with van der Waals surface area (Å²) < 4.78 is 6.29. The molecule has 3 heterocycles. The number of amides is 2. The van der Waals surface area contributed by atoms with Gasteiger partial charge in [-0.15, -0.1) is 0 Å². The van der Waals surface area contributed by atoms with Crippen LogP contribution in [0.3, 0.4) is 0 Å². The Labute approximate surface area is 225 Å². The van der Waals surface area contributed by atoms with Crippen LogP contribution in [0.15, 0.2) is 18.2 Å². The number of hydrogen-bond donors (Lipinski definition) is 2. The molecule has 0 spiro atoms. The standard InChI is InChI=1S/C26H40N4O2.C2H2O4/c1-26(2)20-21-8-6-11-23(24(21)32-26)28-16-14-27(15-17-28)12-7-13-29-18-19-30(25(29)31)22-9-4-3-5-10-22;3-1(4)2(5)6/h6,8,11,22H,3-5,7,9-10,12-20H2,1-2H3;(H,3,4)(H,5,6). The molecule has 1 saturated carbocycles. The Balaban J connectivity index is 0.000000505. The number of carboxylic acids is 2. The Morgan fingerprint density at radius 3 is 2.29 bits per heavy atom. The van der Waals surface area contributed by atoms with E-state index in [1.807, 2.05) is 0 Å². The lowest BCUT2D eigenvalue weighted by Crippen LogP contribution is -2.47. The van der Waals surface area contributed by atoms with Crippen LogP contribution in [0.2, 0.25) is 0 Å². The molecule has 10 nitrogen and oxygen atoms in total. The van der Waals surface area contributed by atoms with Crippen molar-refractivity contribution in [2.75, 3.05) is 57.3 Å². The highest BCUT2D eigenvalue weighted by Crippen LogP contribution is 2.42. The van der Waals surface area contributed by atoms with Gasteiger partial charge in [0.2, 0.25) is 0 Å². The van der Waals surface area contributed by atoms with E-state index in [0.717, 1.165) is 70.9 Å². The zero-order valence-electron chi connectivity index (χ0n) is 22.7. The van der Waals surface area contributed by atoms with Crippen LogP contribution in [0, 0.1) is 0 Å². The van der Waals surface area contributed by atoms with Gasteiger partial charge in [0.25, 0.3) is 0 Å². The number of carbonyl (C=O) groups excluding carboxylic acids is 1. The summed E-state index contributed by atoms with van der Waals surface area (Å²) in [5, 5.41) is 14.8. The molecule has 38 heavy (non-hydrogen) atoms. The van der Waals surface area contributed by atoms with Crippen molar-refractivity contribution in [2.45, 2.75) is 70.4 Å². The van der Waals surface area contributed by atoms with E-state index in [9.17, 15) is 4.79 Å². The predicted octanol–water partition coefficient (Wildman–Crippen LogP) is 3.14. The number of hydrogen-bond acceptors (Lipinski definition) is 6. The van der Waals surface area contributed by atoms with Crippen molar-refractivity contribution in [1.82, 2.24) is 14.7 Å². The van der Waals surface area contributed by atoms with Crippen LogP contribution >= 0.6 is 0 Å². The first-order valence-corrected chi connectivity index (χ1v) is 13.9. The third kappa shape index (κ3) is 6.89. The number of rotatable bonds is 6. The quantitative estimate of drug-likeness (QED) is 0.540. The van der Waals surface area contributed by atoms with Crippen LogP contribution in [-0.2, 0) is 16.0 Å². The first-order valence-electron chi connectivity index (χ1n) is 13.9. The zero-order chi connectivity index (χ0) is 27.3. The van der Waals surface area contributed by atoms with Crippen molar-refractivity contribution in [1.29, 1.82) is 0 Å². The molecule has 0 bridgehead atoms. The van der Waals surface area contributed by atoms with E-state index >= 15 is 0 Å². The molecule has 0 aromatic heterocycles. The van der Waals surface area contributed by atoms with E-state index < -0.39 is 11.9 Å². The number of carboxylic acid groups (broad SMARTS) is 2. The fourth-order valence-corrected chi connectivity index (χ4v) is 6.09. The highest BCUT2D eigenvalue weighted by Gasteiger charge is 2.35. The Morgan fingerprint density at radius 2 is 1.63 bits per heavy atom. The third-order valence-corrected chi connectivity index (χ3v) is 8.01. The Morgan fingerprint density at radius 1 is 0.947 bits per heavy atom. The second kappa shape index (κ2) is 12.2. The first kappa shape index (κ1) is 28.0. The van der Waals surface area contributed by atoms with Gasteiger partial charge in [0.05, 0.1) is 5.69 Å². The SMILES string of the molecule is CC1(C)Cc2cccc(N3CCN(CCCN4CCN(C5CCCCC5)C4=O)CC3)c2O1.O=C(O)C(=O)O. The average molecular weight is 531 g/mol. The monoisotopic (exact) mass is 530 g/mol. The number of benzene rings is 1. The minimum Gasteiger partial charge on any atom is -0.485 e. The second-order valence-electron chi connectivity index (χ2n) is 11.4. The highest BCUT2D eigenvalue weighted by atomic mass is 16.5. The van der Waals surface area contributed by atoms with Crippen molar-refractivity contribution in [3.8, 4) is 5.75 Å². The number of aliphatic carboxylic acids is 2. The number of carbonyl (C=O) groups is 3. The van der Waals surface area contributed by atoms with Crippen molar-refractivity contribution in [3.05, 3.63) is 23.8 Å². The summed E-state index contributed by atoms with van der Waals surface area (Å²) in [6.45, 7) is 12.4. The molecule has 0 atom stereocenters. The lowest BCUT2D eigenvalue weighted by molar-refractivity contribution is -0.159. The Bertz CT molecular complexity index is 989. The number of para-hydroxylation sites is 1. The molecular weight excluding hydrogens is 488 g/mol. The maximum atomic E-state index is 12.8. The van der Waals surface area contributed by atoms with Crippen LogP contribution in [0.25, 0.3) is 0 Å². The Hall–Kier alpha value is -3.01. The summed E-state index contributed by atoms with van der Waals surface area (Å²) >= 11 is 0. The summed E-state index contributed by atoms with van der Waals surface area (Å²) in [7, 11) is 0. The molecule has 1 aromatic carbocycles. The molecule has 210 valence electrons.